The van der Waals surface area contributed by atoms with Crippen molar-refractivity contribution in [3.05, 3.63) is 63.9 Å². The minimum absolute atomic E-state index is 0.114. The maximum Gasteiger partial charge on any atom is 0.337 e. The molecule has 0 aliphatic heterocycles. The van der Waals surface area contributed by atoms with Crippen molar-refractivity contribution in [3.8, 4) is 5.75 Å². The molecule has 104 valence electrons. The zero-order valence-electron chi connectivity index (χ0n) is 10.7. The van der Waals surface area contributed by atoms with Crippen LogP contribution in [0.15, 0.2) is 46.9 Å². The molecule has 2 aromatic rings. The Morgan fingerprint density at radius 2 is 2.00 bits per heavy atom. The van der Waals surface area contributed by atoms with E-state index in [1.807, 2.05) is 0 Å². The molecule has 0 radical (unpaired) electrons. The third-order valence-corrected chi connectivity index (χ3v) is 3.31. The minimum Gasteiger partial charge on any atom is -0.488 e. The van der Waals surface area contributed by atoms with Gasteiger partial charge in [0, 0.05) is 5.56 Å². The largest absolute Gasteiger partial charge is 0.488 e. The van der Waals surface area contributed by atoms with Crippen molar-refractivity contribution in [2.24, 2.45) is 0 Å². The van der Waals surface area contributed by atoms with Gasteiger partial charge in [-0.15, -0.1) is 0 Å². The number of rotatable bonds is 4. The van der Waals surface area contributed by atoms with E-state index in [1.165, 1.54) is 13.2 Å². The van der Waals surface area contributed by atoms with E-state index in [2.05, 4.69) is 20.7 Å². The van der Waals surface area contributed by atoms with Gasteiger partial charge in [0.25, 0.3) is 0 Å². The van der Waals surface area contributed by atoms with Crippen LogP contribution in [0.1, 0.15) is 15.9 Å². The Bertz CT molecular complexity index is 628. The topological polar surface area (TPSA) is 35.5 Å². The van der Waals surface area contributed by atoms with Crippen LogP contribution >= 0.6 is 15.9 Å². The summed E-state index contributed by atoms with van der Waals surface area (Å²) in [5.41, 5.74) is 0.883. The molecular weight excluding hydrogens is 327 g/mol. The highest BCUT2D eigenvalue weighted by atomic mass is 79.9. The predicted octanol–water partition coefficient (Wildman–Crippen LogP) is 3.95. The van der Waals surface area contributed by atoms with Gasteiger partial charge in [0.2, 0.25) is 0 Å². The van der Waals surface area contributed by atoms with Crippen molar-refractivity contribution in [1.29, 1.82) is 0 Å². The van der Waals surface area contributed by atoms with Gasteiger partial charge in [-0.2, -0.15) is 0 Å². The molecule has 0 amide bonds. The van der Waals surface area contributed by atoms with E-state index >= 15 is 0 Å². The van der Waals surface area contributed by atoms with Crippen molar-refractivity contribution in [1.82, 2.24) is 0 Å². The van der Waals surface area contributed by atoms with Crippen molar-refractivity contribution < 1.29 is 18.7 Å². The van der Waals surface area contributed by atoms with E-state index in [4.69, 9.17) is 4.74 Å². The normalized spacial score (nSPS) is 10.2. The Kier molecular flexibility index (Phi) is 4.74. The molecule has 0 aliphatic rings. The van der Waals surface area contributed by atoms with Crippen LogP contribution in [-0.2, 0) is 11.3 Å². The van der Waals surface area contributed by atoms with Gasteiger partial charge in [0.15, 0.2) is 0 Å². The van der Waals surface area contributed by atoms with Crippen LogP contribution in [0.5, 0.6) is 5.75 Å². The van der Waals surface area contributed by atoms with Crippen LogP contribution in [0.2, 0.25) is 0 Å². The lowest BCUT2D eigenvalue weighted by atomic mass is 10.2. The van der Waals surface area contributed by atoms with Crippen LogP contribution in [0, 0.1) is 5.82 Å². The van der Waals surface area contributed by atoms with Gasteiger partial charge in [-0.1, -0.05) is 18.2 Å². The molecule has 0 aromatic heterocycles. The fourth-order valence-electron chi connectivity index (χ4n) is 1.63. The fraction of sp³-hybridized carbons (Fsp3) is 0.133. The molecule has 0 spiro atoms. The highest BCUT2D eigenvalue weighted by molar-refractivity contribution is 9.10. The number of carbonyl (C=O) groups excluding carboxylic acids is 1. The number of esters is 1. The fourth-order valence-corrected chi connectivity index (χ4v) is 2.13. The van der Waals surface area contributed by atoms with Crippen molar-refractivity contribution in [2.45, 2.75) is 6.61 Å². The van der Waals surface area contributed by atoms with Crippen LogP contribution in [0.3, 0.4) is 0 Å². The first-order valence-electron chi connectivity index (χ1n) is 5.86. The summed E-state index contributed by atoms with van der Waals surface area (Å²) in [6.45, 7) is 0.114. The third kappa shape index (κ3) is 3.36. The first-order chi connectivity index (χ1) is 9.61. The van der Waals surface area contributed by atoms with Gasteiger partial charge in [-0.3, -0.25) is 0 Å². The van der Waals surface area contributed by atoms with Crippen LogP contribution < -0.4 is 4.74 Å². The number of hydrogen-bond acceptors (Lipinski definition) is 3. The first kappa shape index (κ1) is 14.5. The Balaban J connectivity index is 2.11. The second-order valence-corrected chi connectivity index (χ2v) is 4.87. The molecule has 20 heavy (non-hydrogen) atoms. The quantitative estimate of drug-likeness (QED) is 0.791. The molecular formula is C15H12BrFO3. The Hall–Kier alpha value is -1.88. The molecule has 0 N–H and O–H groups in total. The summed E-state index contributed by atoms with van der Waals surface area (Å²) in [6, 6.07) is 11.2. The van der Waals surface area contributed by atoms with Crippen LogP contribution in [0.4, 0.5) is 4.39 Å². The average molecular weight is 339 g/mol. The lowest BCUT2D eigenvalue weighted by Crippen LogP contribution is -2.02. The lowest BCUT2D eigenvalue weighted by Gasteiger charge is -2.10. The van der Waals surface area contributed by atoms with E-state index in [-0.39, 0.29) is 12.4 Å². The van der Waals surface area contributed by atoms with Gasteiger partial charge in [-0.25, -0.2) is 9.18 Å². The Labute approximate surface area is 124 Å². The third-order valence-electron chi connectivity index (χ3n) is 2.69. The highest BCUT2D eigenvalue weighted by Gasteiger charge is 2.10. The van der Waals surface area contributed by atoms with E-state index in [1.54, 1.807) is 36.4 Å². The predicted molar refractivity (Wildman–Crippen MR) is 76.2 cm³/mol. The SMILES string of the molecule is COC(=O)c1ccc(OCc2ccccc2F)c(Br)c1. The molecule has 0 aliphatic carbocycles. The Morgan fingerprint density at radius 3 is 2.65 bits per heavy atom. The summed E-state index contributed by atoms with van der Waals surface area (Å²) >= 11 is 3.31. The molecule has 3 nitrogen and oxygen atoms in total. The van der Waals surface area contributed by atoms with Crippen molar-refractivity contribution in [3.63, 3.8) is 0 Å². The molecule has 0 saturated heterocycles. The summed E-state index contributed by atoms with van der Waals surface area (Å²) in [6.07, 6.45) is 0. The Morgan fingerprint density at radius 1 is 1.25 bits per heavy atom. The van der Waals surface area contributed by atoms with Crippen molar-refractivity contribution >= 4 is 21.9 Å². The van der Waals surface area contributed by atoms with E-state index in [0.717, 1.165) is 0 Å². The van der Waals surface area contributed by atoms with E-state index in [0.29, 0.717) is 21.3 Å². The second-order valence-electron chi connectivity index (χ2n) is 4.02. The van der Waals surface area contributed by atoms with Crippen LogP contribution in [0.25, 0.3) is 0 Å². The smallest absolute Gasteiger partial charge is 0.337 e. The molecule has 0 heterocycles. The van der Waals surface area contributed by atoms with Crippen LogP contribution in [-0.4, -0.2) is 13.1 Å². The number of benzene rings is 2. The summed E-state index contributed by atoms with van der Waals surface area (Å²) < 4.78 is 24.2. The van der Waals surface area contributed by atoms with E-state index in [9.17, 15) is 9.18 Å². The zero-order valence-corrected chi connectivity index (χ0v) is 12.3. The minimum atomic E-state index is -0.425. The molecule has 0 unspecified atom stereocenters. The molecule has 0 atom stereocenters. The lowest BCUT2D eigenvalue weighted by molar-refractivity contribution is 0.0600. The number of hydrogen-bond donors (Lipinski definition) is 0. The van der Waals surface area contributed by atoms with Gasteiger partial charge in [-0.05, 0) is 40.2 Å². The van der Waals surface area contributed by atoms with Gasteiger partial charge < -0.3 is 9.47 Å². The summed E-state index contributed by atoms with van der Waals surface area (Å²) in [4.78, 5) is 11.4. The molecule has 0 saturated carbocycles. The number of ether oxygens (including phenoxy) is 2. The molecule has 2 aromatic carbocycles. The maximum absolute atomic E-state index is 13.5. The summed E-state index contributed by atoms with van der Waals surface area (Å²) in [5.74, 6) is -0.206. The molecule has 0 bridgehead atoms. The highest BCUT2D eigenvalue weighted by Crippen LogP contribution is 2.27. The monoisotopic (exact) mass is 338 g/mol. The van der Waals surface area contributed by atoms with Gasteiger partial charge in [0.05, 0.1) is 17.1 Å². The summed E-state index contributed by atoms with van der Waals surface area (Å²) in [7, 11) is 1.32. The van der Waals surface area contributed by atoms with Gasteiger partial charge in [0.1, 0.15) is 18.2 Å². The zero-order chi connectivity index (χ0) is 14.5. The molecule has 2 rings (SSSR count). The average Bonchev–Trinajstić information content (AvgIpc) is 2.46. The van der Waals surface area contributed by atoms with Crippen molar-refractivity contribution in [2.75, 3.05) is 7.11 Å². The number of methoxy groups -OCH3 is 1. The maximum atomic E-state index is 13.5. The molecule has 5 heteroatoms. The van der Waals surface area contributed by atoms with E-state index < -0.39 is 5.97 Å². The number of halogens is 2. The van der Waals surface area contributed by atoms with Gasteiger partial charge >= 0.3 is 5.97 Å². The number of carbonyl (C=O) groups is 1. The summed E-state index contributed by atoms with van der Waals surface area (Å²) in [5, 5.41) is 0. The second kappa shape index (κ2) is 6.52. The standard InChI is InChI=1S/C15H12BrFO3/c1-19-15(18)10-6-7-14(12(16)8-10)20-9-11-4-2-3-5-13(11)17/h2-8H,9H2,1H3. The molecule has 0 fully saturated rings. The first-order valence-corrected chi connectivity index (χ1v) is 6.65.